The van der Waals surface area contributed by atoms with E-state index >= 15 is 0 Å². The molecule has 0 N–H and O–H groups in total. The second-order valence-corrected chi connectivity index (χ2v) is 20.9. The zero-order chi connectivity index (χ0) is 21.0. The van der Waals surface area contributed by atoms with Gasteiger partial charge in [0.05, 0.1) is 0 Å². The summed E-state index contributed by atoms with van der Waals surface area (Å²) in [4.78, 5) is 4.76. The number of pyridine rings is 1. The van der Waals surface area contributed by atoms with Crippen molar-refractivity contribution >= 4 is 49.2 Å². The maximum absolute atomic E-state index is 5.96. The topological polar surface area (TPSA) is 26.0 Å². The number of thiophene rings is 1. The summed E-state index contributed by atoms with van der Waals surface area (Å²) in [6.07, 6.45) is 3.90. The molecule has 30 heavy (non-hydrogen) atoms. The fourth-order valence-corrected chi connectivity index (χ4v) is 7.35. The van der Waals surface area contributed by atoms with Crippen molar-refractivity contribution < 1.29 is 4.42 Å². The molecule has 2 nitrogen and oxygen atoms in total. The quantitative estimate of drug-likeness (QED) is 0.254. The van der Waals surface area contributed by atoms with Crippen LogP contribution in [0.5, 0.6) is 0 Å². The summed E-state index contributed by atoms with van der Waals surface area (Å²) in [6, 6.07) is 17.7. The Morgan fingerprint density at radius 3 is 2.30 bits per heavy atom. The van der Waals surface area contributed by atoms with Crippen molar-refractivity contribution in [3.05, 3.63) is 72.1 Å². The van der Waals surface area contributed by atoms with Crippen LogP contribution in [0.15, 0.2) is 65.4 Å². The molecule has 5 rings (SSSR count). The average Bonchev–Trinajstić information content (AvgIpc) is 3.31. The van der Waals surface area contributed by atoms with Gasteiger partial charge >= 0.3 is 164 Å². The van der Waals surface area contributed by atoms with Gasteiger partial charge in [0.1, 0.15) is 0 Å². The Balaban J connectivity index is 1.67. The predicted octanol–water partition coefficient (Wildman–Crippen LogP) is 7.54. The van der Waals surface area contributed by atoms with Gasteiger partial charge in [-0.25, -0.2) is 0 Å². The number of aryl methyl sites for hydroxylation is 2. The number of fused-ring (bicyclic) bond motifs is 3. The third-order valence-electron chi connectivity index (χ3n) is 5.63. The first-order valence-corrected chi connectivity index (χ1v) is 18.4. The predicted molar refractivity (Wildman–Crippen MR) is 133 cm³/mol. The summed E-state index contributed by atoms with van der Waals surface area (Å²) in [5.74, 6) is 8.15. The molecule has 0 spiro atoms. The molecule has 0 unspecified atom stereocenters. The number of hydrogen-bond acceptors (Lipinski definition) is 3. The van der Waals surface area contributed by atoms with E-state index in [1.165, 1.54) is 41.3 Å². The van der Waals surface area contributed by atoms with E-state index in [2.05, 4.69) is 79.6 Å². The monoisotopic (exact) mass is 473 g/mol. The fraction of sp³-hybridized carbons (Fsp3) is 0.192. The summed E-state index contributed by atoms with van der Waals surface area (Å²) in [7, 11) is 0. The van der Waals surface area contributed by atoms with Crippen LogP contribution in [0.3, 0.4) is 0 Å². The van der Waals surface area contributed by atoms with Crippen molar-refractivity contribution in [1.82, 2.24) is 4.98 Å². The summed E-state index contributed by atoms with van der Waals surface area (Å²) in [6.45, 7) is 4.29. The molecule has 0 amide bonds. The van der Waals surface area contributed by atoms with Crippen molar-refractivity contribution in [2.24, 2.45) is 0 Å². The van der Waals surface area contributed by atoms with Crippen LogP contribution in [-0.2, 0) is 0 Å². The zero-order valence-electron chi connectivity index (χ0n) is 18.0. The molecule has 0 saturated carbocycles. The molecule has 0 aliphatic carbocycles. The molecule has 0 bridgehead atoms. The molecule has 0 aliphatic heterocycles. The fourth-order valence-electron chi connectivity index (χ4n) is 4.05. The van der Waals surface area contributed by atoms with Crippen LogP contribution in [0.25, 0.3) is 42.8 Å². The Labute approximate surface area is 183 Å². The van der Waals surface area contributed by atoms with Crippen molar-refractivity contribution in [3.8, 4) is 22.6 Å². The van der Waals surface area contributed by atoms with Gasteiger partial charge < -0.3 is 0 Å². The molecule has 5 aromatic rings. The van der Waals surface area contributed by atoms with Crippen molar-refractivity contribution in [2.75, 3.05) is 0 Å². The molecule has 0 radical (unpaired) electrons. The Hall–Kier alpha value is -2.37. The zero-order valence-corrected chi connectivity index (χ0v) is 21.0. The van der Waals surface area contributed by atoms with E-state index < -0.39 is 13.3 Å². The summed E-state index contributed by atoms with van der Waals surface area (Å²) >= 11 is -0.0661. The normalized spacial score (nSPS) is 12.2. The molecule has 0 saturated heterocycles. The van der Waals surface area contributed by atoms with Gasteiger partial charge in [0.15, 0.2) is 0 Å². The molecule has 3 heterocycles. The van der Waals surface area contributed by atoms with E-state index in [1.54, 1.807) is 0 Å². The van der Waals surface area contributed by atoms with Gasteiger partial charge in [-0.1, -0.05) is 6.07 Å². The molecular weight excluding hydrogens is 447 g/mol. The first kappa shape index (κ1) is 19.6. The third-order valence-corrected chi connectivity index (χ3v) is 11.0. The Morgan fingerprint density at radius 1 is 0.833 bits per heavy atom. The van der Waals surface area contributed by atoms with Gasteiger partial charge in [0, 0.05) is 0 Å². The minimum atomic E-state index is -1.89. The average molecular weight is 472 g/mol. The van der Waals surface area contributed by atoms with Gasteiger partial charge in [0.2, 0.25) is 0 Å². The van der Waals surface area contributed by atoms with Crippen LogP contribution in [0.1, 0.15) is 11.1 Å². The number of nitrogens with zero attached hydrogens (tertiary/aromatic N) is 1. The van der Waals surface area contributed by atoms with Gasteiger partial charge in [-0.2, -0.15) is 0 Å². The molecule has 0 fully saturated rings. The van der Waals surface area contributed by atoms with Crippen LogP contribution >= 0.6 is 11.3 Å². The first-order valence-electron chi connectivity index (χ1n) is 10.3. The van der Waals surface area contributed by atoms with E-state index in [0.29, 0.717) is 0 Å². The third kappa shape index (κ3) is 3.40. The standard InChI is InChI=1S/C26H25GeNOS/c1-16-10-17(2)12-19(11-16)25-26-22(8-9-28-25)21-7-6-18(13-24(21)30-26)23-14-20(15-29-23)27(3,4)5/h6-15H,1-5H3. The number of rotatable bonds is 3. The second-order valence-electron chi connectivity index (χ2n) is 9.18. The molecule has 150 valence electrons. The summed E-state index contributed by atoms with van der Waals surface area (Å²) in [5.41, 5.74) is 5.95. The van der Waals surface area contributed by atoms with E-state index in [0.717, 1.165) is 17.0 Å². The number of benzene rings is 2. The molecule has 0 aliphatic rings. The second kappa shape index (κ2) is 7.10. The van der Waals surface area contributed by atoms with Crippen LogP contribution in [-0.4, -0.2) is 18.3 Å². The first-order chi connectivity index (χ1) is 14.3. The van der Waals surface area contributed by atoms with Gasteiger partial charge in [-0.15, -0.1) is 0 Å². The number of hydrogen-bond donors (Lipinski definition) is 0. The molecule has 2 aromatic carbocycles. The van der Waals surface area contributed by atoms with E-state index in [4.69, 9.17) is 9.40 Å². The van der Waals surface area contributed by atoms with Crippen LogP contribution in [0.4, 0.5) is 0 Å². The van der Waals surface area contributed by atoms with Crippen LogP contribution < -0.4 is 4.40 Å². The molecule has 3 aromatic heterocycles. The van der Waals surface area contributed by atoms with Crippen LogP contribution in [0, 0.1) is 13.8 Å². The van der Waals surface area contributed by atoms with E-state index in [1.807, 2.05) is 23.8 Å². The minimum absolute atomic E-state index is 0.970. The van der Waals surface area contributed by atoms with Crippen molar-refractivity contribution in [1.29, 1.82) is 0 Å². The van der Waals surface area contributed by atoms with Crippen molar-refractivity contribution in [3.63, 3.8) is 0 Å². The summed E-state index contributed by atoms with van der Waals surface area (Å²) < 4.78 is 9.89. The molecule has 4 heteroatoms. The molecule has 0 atom stereocenters. The summed E-state index contributed by atoms with van der Waals surface area (Å²) in [5, 5.41) is 2.56. The van der Waals surface area contributed by atoms with E-state index in [9.17, 15) is 0 Å². The Morgan fingerprint density at radius 2 is 1.60 bits per heavy atom. The van der Waals surface area contributed by atoms with Gasteiger partial charge in [-0.3, -0.25) is 0 Å². The number of aromatic nitrogens is 1. The van der Waals surface area contributed by atoms with Gasteiger partial charge in [0.25, 0.3) is 0 Å². The maximum atomic E-state index is 5.96. The van der Waals surface area contributed by atoms with Crippen LogP contribution in [0.2, 0.25) is 17.3 Å². The molecular formula is C26H25GeNOS. The SMILES string of the molecule is Cc1cc(C)cc(-c2nccc3c2sc2cc(-c4c[c]([Ge]([CH3])([CH3])[CH3])co4)ccc23)c1. The Bertz CT molecular complexity index is 1380. The van der Waals surface area contributed by atoms with Crippen molar-refractivity contribution in [2.45, 2.75) is 31.1 Å². The van der Waals surface area contributed by atoms with Gasteiger partial charge in [-0.05, 0) is 13.8 Å². The van der Waals surface area contributed by atoms with E-state index in [-0.39, 0.29) is 0 Å². The number of furan rings is 1. The Kier molecular flexibility index (Phi) is 4.64.